The van der Waals surface area contributed by atoms with E-state index in [2.05, 4.69) is 25.1 Å². The van der Waals surface area contributed by atoms with E-state index < -0.39 is 0 Å². The Morgan fingerprint density at radius 1 is 0.840 bits per heavy atom. The molecule has 0 N–H and O–H groups in total. The smallest absolute Gasteiger partial charge is 0.574 e. The first kappa shape index (κ1) is 18.8. The molecule has 128 valence electrons. The third-order valence-electron chi connectivity index (χ3n) is 3.32. The Balaban J connectivity index is 0.000000173. The molecule has 0 radical (unpaired) electrons. The largest absolute Gasteiger partial charge is 2.00 e. The van der Waals surface area contributed by atoms with E-state index in [0.717, 1.165) is 34.0 Å². The molecular formula is C19H17N5Pt. The fourth-order valence-electron chi connectivity index (χ4n) is 2.17. The predicted molar refractivity (Wildman–Crippen MR) is 93.3 cm³/mol. The van der Waals surface area contributed by atoms with Gasteiger partial charge in [-0.15, -0.1) is 5.56 Å². The van der Waals surface area contributed by atoms with Crippen LogP contribution in [0.25, 0.3) is 22.6 Å². The molecule has 0 spiro atoms. The molecule has 0 saturated heterocycles. The van der Waals surface area contributed by atoms with Gasteiger partial charge in [-0.1, -0.05) is 48.8 Å². The Labute approximate surface area is 161 Å². The van der Waals surface area contributed by atoms with Crippen molar-refractivity contribution in [1.82, 2.24) is 25.1 Å². The first-order chi connectivity index (χ1) is 11.7. The topological polar surface area (TPSA) is 65.7 Å². The Morgan fingerprint density at radius 3 is 2.00 bits per heavy atom. The molecule has 0 aliphatic heterocycles. The van der Waals surface area contributed by atoms with E-state index in [1.807, 2.05) is 68.6 Å². The SMILES string of the molecule is Cc1cc(-c2ccccn2)[cH-]n1.Cc1cc(-c2ccccn2)[n-]n1.[Pt+2]. The van der Waals surface area contributed by atoms with Crippen molar-refractivity contribution in [2.24, 2.45) is 0 Å². The Bertz CT molecular complexity index is 809. The van der Waals surface area contributed by atoms with Crippen molar-refractivity contribution in [3.05, 3.63) is 78.5 Å². The second kappa shape index (κ2) is 9.09. The van der Waals surface area contributed by atoms with Crippen molar-refractivity contribution >= 4 is 0 Å². The molecule has 0 saturated carbocycles. The van der Waals surface area contributed by atoms with Crippen LogP contribution in [0.1, 0.15) is 11.4 Å². The summed E-state index contributed by atoms with van der Waals surface area (Å²) in [5.74, 6) is 0. The Morgan fingerprint density at radius 2 is 1.52 bits per heavy atom. The van der Waals surface area contributed by atoms with E-state index in [1.54, 1.807) is 12.4 Å². The maximum Gasteiger partial charge on any atom is 2.00 e. The van der Waals surface area contributed by atoms with Crippen LogP contribution in [0.15, 0.2) is 67.1 Å². The molecule has 0 aromatic carbocycles. The van der Waals surface area contributed by atoms with Crippen LogP contribution in [0.3, 0.4) is 0 Å². The Kier molecular flexibility index (Phi) is 6.84. The van der Waals surface area contributed by atoms with Gasteiger partial charge >= 0.3 is 21.1 Å². The third-order valence-corrected chi connectivity index (χ3v) is 3.32. The van der Waals surface area contributed by atoms with Gasteiger partial charge in [0.25, 0.3) is 0 Å². The molecule has 4 heterocycles. The molecule has 0 atom stereocenters. The molecule has 5 nitrogen and oxygen atoms in total. The summed E-state index contributed by atoms with van der Waals surface area (Å²) in [7, 11) is 0. The van der Waals surface area contributed by atoms with Crippen LogP contribution < -0.4 is 5.10 Å². The van der Waals surface area contributed by atoms with Crippen LogP contribution in [0.5, 0.6) is 0 Å². The molecule has 0 fully saturated rings. The molecule has 4 aromatic rings. The summed E-state index contributed by atoms with van der Waals surface area (Å²) in [4.78, 5) is 12.5. The molecule has 6 heteroatoms. The minimum absolute atomic E-state index is 0. The number of hydrogen-bond donors (Lipinski definition) is 0. The van der Waals surface area contributed by atoms with Gasteiger partial charge in [0, 0.05) is 23.8 Å². The van der Waals surface area contributed by atoms with Crippen molar-refractivity contribution in [3.63, 3.8) is 0 Å². The standard InChI is InChI=1S/C10H9N2.C9H8N3.Pt/c1-8-6-9(7-12-8)10-4-2-3-5-11-10;1-7-6-9(12-11-7)8-4-2-3-5-10-8;/h2-7H,1H3;2-6H,1H3;/q2*-1;+2. The summed E-state index contributed by atoms with van der Waals surface area (Å²) in [5, 5.41) is 7.88. The van der Waals surface area contributed by atoms with Crippen molar-refractivity contribution in [2.75, 3.05) is 0 Å². The second-order valence-electron chi connectivity index (χ2n) is 5.30. The Hall–Kier alpha value is -2.52. The third kappa shape index (κ3) is 5.23. The summed E-state index contributed by atoms with van der Waals surface area (Å²) in [5.41, 5.74) is 5.75. The van der Waals surface area contributed by atoms with Crippen molar-refractivity contribution in [2.45, 2.75) is 13.8 Å². The molecule has 4 rings (SSSR count). The fourth-order valence-corrected chi connectivity index (χ4v) is 2.17. The molecule has 0 aliphatic carbocycles. The second-order valence-corrected chi connectivity index (χ2v) is 5.30. The maximum absolute atomic E-state index is 4.22. The van der Waals surface area contributed by atoms with Crippen LogP contribution >= 0.6 is 0 Å². The molecule has 0 unspecified atom stereocenters. The quantitative estimate of drug-likeness (QED) is 0.386. The fraction of sp³-hybridized carbons (Fsp3) is 0.105. The van der Waals surface area contributed by atoms with Gasteiger partial charge in [0.05, 0.1) is 0 Å². The molecule has 0 aliphatic rings. The van der Waals surface area contributed by atoms with Crippen molar-refractivity contribution in [3.8, 4) is 22.6 Å². The van der Waals surface area contributed by atoms with Gasteiger partial charge in [0.2, 0.25) is 0 Å². The van der Waals surface area contributed by atoms with E-state index in [9.17, 15) is 0 Å². The van der Waals surface area contributed by atoms with E-state index in [1.165, 1.54) is 0 Å². The molecule has 25 heavy (non-hydrogen) atoms. The van der Waals surface area contributed by atoms with E-state index >= 15 is 0 Å². The summed E-state index contributed by atoms with van der Waals surface area (Å²) < 4.78 is 0. The minimum Gasteiger partial charge on any atom is -0.574 e. The summed E-state index contributed by atoms with van der Waals surface area (Å²) in [6.45, 7) is 3.89. The van der Waals surface area contributed by atoms with Gasteiger partial charge in [0.15, 0.2) is 0 Å². The minimum atomic E-state index is 0. The van der Waals surface area contributed by atoms with E-state index in [4.69, 9.17) is 0 Å². The molecular weight excluding hydrogens is 493 g/mol. The monoisotopic (exact) mass is 510 g/mol. The van der Waals surface area contributed by atoms with Crippen LogP contribution in [0, 0.1) is 13.8 Å². The number of pyridine rings is 2. The number of rotatable bonds is 2. The van der Waals surface area contributed by atoms with Gasteiger partial charge in [-0.25, -0.2) is 0 Å². The van der Waals surface area contributed by atoms with Gasteiger partial charge in [-0.05, 0) is 30.8 Å². The maximum atomic E-state index is 4.22. The zero-order valence-corrected chi connectivity index (χ0v) is 16.2. The van der Waals surface area contributed by atoms with Gasteiger partial charge in [0.1, 0.15) is 0 Å². The number of aromatic nitrogens is 5. The first-order valence-electron chi connectivity index (χ1n) is 7.61. The number of aryl methyl sites for hydroxylation is 2. The van der Waals surface area contributed by atoms with Gasteiger partial charge in [-0.2, -0.15) is 6.07 Å². The summed E-state index contributed by atoms with van der Waals surface area (Å²) >= 11 is 0. The van der Waals surface area contributed by atoms with Gasteiger partial charge in [-0.3, -0.25) is 4.98 Å². The number of hydrogen-bond acceptors (Lipinski definition) is 4. The average Bonchev–Trinajstić information content (AvgIpc) is 3.26. The van der Waals surface area contributed by atoms with Crippen LogP contribution in [0.4, 0.5) is 0 Å². The normalized spacial score (nSPS) is 9.68. The van der Waals surface area contributed by atoms with Crippen LogP contribution in [0.2, 0.25) is 0 Å². The van der Waals surface area contributed by atoms with Gasteiger partial charge < -0.3 is 20.2 Å². The zero-order valence-electron chi connectivity index (χ0n) is 13.9. The van der Waals surface area contributed by atoms with Crippen LogP contribution in [-0.4, -0.2) is 20.1 Å². The van der Waals surface area contributed by atoms with E-state index in [-0.39, 0.29) is 21.1 Å². The molecule has 0 bridgehead atoms. The number of nitrogens with zero attached hydrogens (tertiary/aromatic N) is 5. The summed E-state index contributed by atoms with van der Waals surface area (Å²) in [6.07, 6.45) is 5.38. The van der Waals surface area contributed by atoms with Crippen LogP contribution in [-0.2, 0) is 21.1 Å². The van der Waals surface area contributed by atoms with Crippen molar-refractivity contribution in [1.29, 1.82) is 0 Å². The average molecular weight is 510 g/mol. The van der Waals surface area contributed by atoms with E-state index in [0.29, 0.717) is 0 Å². The van der Waals surface area contributed by atoms with Crippen molar-refractivity contribution < 1.29 is 21.1 Å². The molecule has 4 aromatic heterocycles. The summed E-state index contributed by atoms with van der Waals surface area (Å²) in [6, 6.07) is 15.6. The zero-order chi connectivity index (χ0) is 16.8. The predicted octanol–water partition coefficient (Wildman–Crippen LogP) is 3.58. The first-order valence-corrected chi connectivity index (χ1v) is 7.61. The molecule has 0 amide bonds.